The minimum absolute atomic E-state index is 0.0329. The third-order valence-electron chi connectivity index (χ3n) is 5.34. The van der Waals surface area contributed by atoms with Crippen molar-refractivity contribution in [3.63, 3.8) is 0 Å². The van der Waals surface area contributed by atoms with E-state index in [0.717, 1.165) is 17.5 Å². The Balaban J connectivity index is 1.52. The Hall–Kier alpha value is -2.71. The number of benzene rings is 2. The van der Waals surface area contributed by atoms with Crippen LogP contribution in [0.3, 0.4) is 0 Å². The number of amides is 2. The predicted molar refractivity (Wildman–Crippen MR) is 124 cm³/mol. The van der Waals surface area contributed by atoms with E-state index in [1.54, 1.807) is 30.9 Å². The van der Waals surface area contributed by atoms with Crippen molar-refractivity contribution in [2.75, 3.05) is 6.54 Å². The van der Waals surface area contributed by atoms with Crippen LogP contribution in [0.4, 0.5) is 0 Å². The normalized spacial score (nSPS) is 16.3. The Morgan fingerprint density at radius 2 is 1.66 bits per heavy atom. The molecule has 2 amide bonds. The van der Waals surface area contributed by atoms with Gasteiger partial charge in [-0.25, -0.2) is 13.1 Å². The van der Waals surface area contributed by atoms with Crippen LogP contribution >= 0.6 is 0 Å². The zero-order valence-corrected chi connectivity index (χ0v) is 19.4. The number of hydrogen-bond acceptors (Lipinski definition) is 4. The Morgan fingerprint density at radius 3 is 2.31 bits per heavy atom. The molecule has 0 spiro atoms. The van der Waals surface area contributed by atoms with E-state index in [1.165, 1.54) is 0 Å². The van der Waals surface area contributed by atoms with E-state index in [-0.39, 0.29) is 23.6 Å². The zero-order chi connectivity index (χ0) is 23.1. The highest BCUT2D eigenvalue weighted by Gasteiger charge is 2.33. The Kier molecular flexibility index (Phi) is 8.04. The van der Waals surface area contributed by atoms with Crippen molar-refractivity contribution < 1.29 is 18.0 Å². The first-order valence-corrected chi connectivity index (χ1v) is 12.6. The Bertz CT molecular complexity index is 1020. The SMILES string of the molecule is CC(C)NS(=O)(=O)Cc1ccc(CNC(=O)C2CCCN2C(=O)Cc2ccccc2)cc1. The summed E-state index contributed by atoms with van der Waals surface area (Å²) < 4.78 is 26.7. The molecule has 1 fully saturated rings. The van der Waals surface area contributed by atoms with Gasteiger partial charge in [0.25, 0.3) is 0 Å². The van der Waals surface area contributed by atoms with Crippen LogP contribution in [0.25, 0.3) is 0 Å². The molecule has 0 radical (unpaired) electrons. The molecular formula is C24H31N3O4S. The van der Waals surface area contributed by atoms with Crippen LogP contribution in [0.2, 0.25) is 0 Å². The molecule has 2 aromatic rings. The Labute approximate surface area is 190 Å². The molecule has 8 heteroatoms. The van der Waals surface area contributed by atoms with Gasteiger partial charge in [0.1, 0.15) is 6.04 Å². The highest BCUT2D eigenvalue weighted by molar-refractivity contribution is 7.88. The number of nitrogens with zero attached hydrogens (tertiary/aromatic N) is 1. The fraction of sp³-hybridized carbons (Fsp3) is 0.417. The molecule has 0 aliphatic carbocycles. The maximum Gasteiger partial charge on any atom is 0.243 e. The smallest absolute Gasteiger partial charge is 0.243 e. The molecule has 0 bridgehead atoms. The molecule has 3 rings (SSSR count). The van der Waals surface area contributed by atoms with E-state index in [4.69, 9.17) is 0 Å². The van der Waals surface area contributed by atoms with E-state index in [0.29, 0.717) is 31.5 Å². The van der Waals surface area contributed by atoms with Crippen LogP contribution < -0.4 is 10.0 Å². The van der Waals surface area contributed by atoms with Gasteiger partial charge in [-0.15, -0.1) is 0 Å². The maximum atomic E-state index is 12.8. The summed E-state index contributed by atoms with van der Waals surface area (Å²) in [4.78, 5) is 27.1. The van der Waals surface area contributed by atoms with Crippen LogP contribution in [0, 0.1) is 0 Å². The summed E-state index contributed by atoms with van der Waals surface area (Å²) in [5.41, 5.74) is 2.49. The maximum absolute atomic E-state index is 12.8. The topological polar surface area (TPSA) is 95.6 Å². The second-order valence-electron chi connectivity index (χ2n) is 8.47. The Morgan fingerprint density at radius 1 is 1.00 bits per heavy atom. The molecule has 172 valence electrons. The molecule has 2 aromatic carbocycles. The number of carbonyl (C=O) groups is 2. The van der Waals surface area contributed by atoms with Gasteiger partial charge < -0.3 is 10.2 Å². The first-order valence-electron chi connectivity index (χ1n) is 10.9. The number of carbonyl (C=O) groups excluding carboxylic acids is 2. The summed E-state index contributed by atoms with van der Waals surface area (Å²) in [6, 6.07) is 16.1. The second kappa shape index (κ2) is 10.7. The van der Waals surface area contributed by atoms with Gasteiger partial charge in [-0.1, -0.05) is 54.6 Å². The molecule has 1 aliphatic rings. The number of nitrogens with one attached hydrogen (secondary N) is 2. The molecule has 7 nitrogen and oxygen atoms in total. The average molecular weight is 458 g/mol. The van der Waals surface area contributed by atoms with Crippen molar-refractivity contribution >= 4 is 21.8 Å². The summed E-state index contributed by atoms with van der Waals surface area (Å²) in [7, 11) is -3.38. The molecule has 2 N–H and O–H groups in total. The van der Waals surface area contributed by atoms with Gasteiger partial charge in [-0.05, 0) is 43.4 Å². The lowest BCUT2D eigenvalue weighted by molar-refractivity contribution is -0.138. The fourth-order valence-corrected chi connectivity index (χ4v) is 5.32. The van der Waals surface area contributed by atoms with E-state index < -0.39 is 16.1 Å². The molecular weight excluding hydrogens is 426 g/mol. The lowest BCUT2D eigenvalue weighted by atomic mass is 10.1. The van der Waals surface area contributed by atoms with Crippen LogP contribution in [-0.2, 0) is 38.3 Å². The molecule has 1 atom stereocenters. The zero-order valence-electron chi connectivity index (χ0n) is 18.6. The third kappa shape index (κ3) is 6.90. The van der Waals surface area contributed by atoms with E-state index in [2.05, 4.69) is 10.0 Å². The molecule has 32 heavy (non-hydrogen) atoms. The first-order chi connectivity index (χ1) is 15.2. The van der Waals surface area contributed by atoms with Gasteiger partial charge in [-0.3, -0.25) is 9.59 Å². The average Bonchev–Trinajstić information content (AvgIpc) is 3.23. The number of hydrogen-bond donors (Lipinski definition) is 2. The van der Waals surface area contributed by atoms with Gasteiger partial charge in [0.05, 0.1) is 12.2 Å². The molecule has 1 saturated heterocycles. The van der Waals surface area contributed by atoms with Gasteiger partial charge in [-0.2, -0.15) is 0 Å². The quantitative estimate of drug-likeness (QED) is 0.604. The molecule has 0 aromatic heterocycles. The summed E-state index contributed by atoms with van der Waals surface area (Å²) in [5.74, 6) is -0.274. The van der Waals surface area contributed by atoms with Crippen LogP contribution in [0.15, 0.2) is 54.6 Å². The van der Waals surface area contributed by atoms with E-state index in [1.807, 2.05) is 42.5 Å². The van der Waals surface area contributed by atoms with Gasteiger partial charge >= 0.3 is 0 Å². The standard InChI is InChI=1S/C24H31N3O4S/c1-18(2)26-32(30,31)17-21-12-10-20(11-13-21)16-25-24(29)22-9-6-14-27(22)23(28)15-19-7-4-3-5-8-19/h3-5,7-8,10-13,18,22,26H,6,9,14-17H2,1-2H3,(H,25,29). The largest absolute Gasteiger partial charge is 0.350 e. The lowest BCUT2D eigenvalue weighted by Gasteiger charge is -2.24. The highest BCUT2D eigenvalue weighted by Crippen LogP contribution is 2.19. The minimum atomic E-state index is -3.38. The van der Waals surface area contributed by atoms with Gasteiger partial charge in [0, 0.05) is 19.1 Å². The molecule has 0 saturated carbocycles. The molecule has 1 unspecified atom stereocenters. The number of sulfonamides is 1. The van der Waals surface area contributed by atoms with Crippen LogP contribution in [-0.4, -0.2) is 43.8 Å². The van der Waals surface area contributed by atoms with Crippen molar-refractivity contribution in [2.45, 2.75) is 57.5 Å². The van der Waals surface area contributed by atoms with E-state index >= 15 is 0 Å². The number of rotatable bonds is 9. The summed E-state index contributed by atoms with van der Waals surface area (Å²) in [6.07, 6.45) is 1.76. The number of likely N-dealkylation sites (tertiary alicyclic amines) is 1. The summed E-state index contributed by atoms with van der Waals surface area (Å²) in [5, 5.41) is 2.92. The van der Waals surface area contributed by atoms with Crippen molar-refractivity contribution in [3.8, 4) is 0 Å². The van der Waals surface area contributed by atoms with Crippen LogP contribution in [0.1, 0.15) is 43.4 Å². The summed E-state index contributed by atoms with van der Waals surface area (Å²) >= 11 is 0. The monoisotopic (exact) mass is 457 g/mol. The second-order valence-corrected chi connectivity index (χ2v) is 10.2. The van der Waals surface area contributed by atoms with Crippen molar-refractivity contribution in [2.24, 2.45) is 0 Å². The van der Waals surface area contributed by atoms with Crippen molar-refractivity contribution in [3.05, 3.63) is 71.3 Å². The van der Waals surface area contributed by atoms with E-state index in [9.17, 15) is 18.0 Å². The predicted octanol–water partition coefficient (Wildman–Crippen LogP) is 2.36. The molecule has 1 aliphatic heterocycles. The van der Waals surface area contributed by atoms with Crippen LogP contribution in [0.5, 0.6) is 0 Å². The lowest BCUT2D eigenvalue weighted by Crippen LogP contribution is -2.46. The third-order valence-corrected chi connectivity index (χ3v) is 6.88. The molecule has 1 heterocycles. The first kappa shape index (κ1) is 23.9. The van der Waals surface area contributed by atoms with Gasteiger partial charge in [0.2, 0.25) is 21.8 Å². The summed E-state index contributed by atoms with van der Waals surface area (Å²) in [6.45, 7) is 4.48. The van der Waals surface area contributed by atoms with Gasteiger partial charge in [0.15, 0.2) is 0 Å². The fourth-order valence-electron chi connectivity index (χ4n) is 3.89. The highest BCUT2D eigenvalue weighted by atomic mass is 32.2. The van der Waals surface area contributed by atoms with Crippen molar-refractivity contribution in [1.82, 2.24) is 14.9 Å². The minimum Gasteiger partial charge on any atom is -0.350 e. The van der Waals surface area contributed by atoms with Crippen molar-refractivity contribution in [1.29, 1.82) is 0 Å².